The predicted octanol–water partition coefficient (Wildman–Crippen LogP) is 5.36. The number of hydrogen-bond acceptors (Lipinski definition) is 6. The maximum atomic E-state index is 12.7. The van der Waals surface area contributed by atoms with Crippen molar-refractivity contribution in [2.75, 3.05) is 11.1 Å². The van der Waals surface area contributed by atoms with Gasteiger partial charge in [0.05, 0.1) is 5.56 Å². The number of amides is 1. The Bertz CT molecular complexity index is 881. The monoisotopic (exact) mass is 399 g/mol. The summed E-state index contributed by atoms with van der Waals surface area (Å²) in [5, 5.41) is 11.4. The highest BCUT2D eigenvalue weighted by atomic mass is 32.2. The van der Waals surface area contributed by atoms with Crippen LogP contribution in [0.25, 0.3) is 0 Å². The van der Waals surface area contributed by atoms with Crippen LogP contribution in [0.1, 0.15) is 15.9 Å². The zero-order valence-electron chi connectivity index (χ0n) is 13.9. The first-order valence-corrected chi connectivity index (χ1v) is 10.7. The van der Waals surface area contributed by atoms with Crippen molar-refractivity contribution < 1.29 is 4.79 Å². The molecular weight excluding hydrogens is 382 g/mol. The molecule has 1 amide bonds. The van der Waals surface area contributed by atoms with E-state index in [-0.39, 0.29) is 5.91 Å². The molecule has 0 aliphatic carbocycles. The number of carbonyl (C=O) groups excluding carboxylic acids is 1. The van der Waals surface area contributed by atoms with Gasteiger partial charge in [-0.25, -0.2) is 0 Å². The fourth-order valence-electron chi connectivity index (χ4n) is 2.13. The van der Waals surface area contributed by atoms with E-state index < -0.39 is 0 Å². The molecule has 0 saturated heterocycles. The van der Waals surface area contributed by atoms with E-state index in [0.29, 0.717) is 10.7 Å². The van der Waals surface area contributed by atoms with Gasteiger partial charge >= 0.3 is 0 Å². The van der Waals surface area contributed by atoms with Gasteiger partial charge in [-0.15, -0.1) is 28.5 Å². The molecule has 0 unspecified atom stereocenters. The van der Waals surface area contributed by atoms with Gasteiger partial charge in [-0.1, -0.05) is 71.6 Å². The molecule has 0 bridgehead atoms. The second-order valence-electron chi connectivity index (χ2n) is 5.20. The summed E-state index contributed by atoms with van der Waals surface area (Å²) in [4.78, 5) is 13.6. The highest BCUT2D eigenvalue weighted by molar-refractivity contribution is 8.01. The zero-order valence-corrected chi connectivity index (χ0v) is 16.4. The van der Waals surface area contributed by atoms with Gasteiger partial charge < -0.3 is 0 Å². The number of rotatable bonds is 8. The van der Waals surface area contributed by atoms with E-state index in [9.17, 15) is 4.79 Å². The Morgan fingerprint density at radius 2 is 1.85 bits per heavy atom. The third kappa shape index (κ3) is 5.20. The first kappa shape index (κ1) is 18.7. The Hall–Kier alpha value is -2.09. The summed E-state index contributed by atoms with van der Waals surface area (Å²) in [5.74, 6) is 1.41. The van der Waals surface area contributed by atoms with Gasteiger partial charge in [0, 0.05) is 16.4 Å². The van der Waals surface area contributed by atoms with Gasteiger partial charge in [-0.05, 0) is 17.7 Å². The summed E-state index contributed by atoms with van der Waals surface area (Å²) >= 11 is 4.56. The Balaban J connectivity index is 1.67. The molecule has 1 N–H and O–H groups in total. The number of aromatic nitrogens is 2. The molecule has 0 aliphatic rings. The van der Waals surface area contributed by atoms with Crippen LogP contribution in [0, 0.1) is 0 Å². The van der Waals surface area contributed by atoms with Gasteiger partial charge in [0.25, 0.3) is 5.91 Å². The standard InChI is InChI=1S/C19H17N3OS3/c1-2-12-24-19-22-21-18(26-19)20-17(23)15-10-6-7-11-16(15)25-13-14-8-4-3-5-9-14/h2-11H,1,12-13H2,(H,20,21,23). The molecule has 0 saturated carbocycles. The molecule has 0 aliphatic heterocycles. The average molecular weight is 400 g/mol. The van der Waals surface area contributed by atoms with Crippen molar-refractivity contribution >= 4 is 45.9 Å². The number of hydrogen-bond donors (Lipinski definition) is 1. The van der Waals surface area contributed by atoms with Crippen molar-refractivity contribution in [1.29, 1.82) is 0 Å². The summed E-state index contributed by atoms with van der Waals surface area (Å²) in [7, 11) is 0. The summed E-state index contributed by atoms with van der Waals surface area (Å²) < 4.78 is 0.812. The summed E-state index contributed by atoms with van der Waals surface area (Å²) in [6, 6.07) is 17.8. The lowest BCUT2D eigenvalue weighted by Gasteiger charge is -2.08. The molecule has 3 rings (SSSR count). The first-order valence-electron chi connectivity index (χ1n) is 7.90. The molecule has 7 heteroatoms. The van der Waals surface area contributed by atoms with Crippen molar-refractivity contribution in [3.8, 4) is 0 Å². The molecular formula is C19H17N3OS3. The molecule has 1 heterocycles. The van der Waals surface area contributed by atoms with Crippen LogP contribution in [0.5, 0.6) is 0 Å². The SMILES string of the molecule is C=CCSc1nnc(NC(=O)c2ccccc2SCc2ccccc2)s1. The predicted molar refractivity (Wildman–Crippen MR) is 111 cm³/mol. The third-order valence-electron chi connectivity index (χ3n) is 3.32. The van der Waals surface area contributed by atoms with E-state index in [1.807, 2.05) is 48.5 Å². The largest absolute Gasteiger partial charge is 0.296 e. The molecule has 4 nitrogen and oxygen atoms in total. The molecule has 3 aromatic rings. The van der Waals surface area contributed by atoms with Crippen LogP contribution in [-0.2, 0) is 5.75 Å². The van der Waals surface area contributed by atoms with Crippen molar-refractivity contribution in [1.82, 2.24) is 10.2 Å². The Labute approximate surface area is 165 Å². The van der Waals surface area contributed by atoms with Crippen LogP contribution in [0.3, 0.4) is 0 Å². The number of nitrogens with zero attached hydrogens (tertiary/aromatic N) is 2. The second kappa shape index (κ2) is 9.56. The van der Waals surface area contributed by atoms with Gasteiger partial charge in [0.15, 0.2) is 4.34 Å². The molecule has 1 aromatic heterocycles. The maximum absolute atomic E-state index is 12.7. The number of carbonyl (C=O) groups is 1. The molecule has 132 valence electrons. The number of anilines is 1. The van der Waals surface area contributed by atoms with E-state index in [1.165, 1.54) is 16.9 Å². The highest BCUT2D eigenvalue weighted by Crippen LogP contribution is 2.29. The lowest BCUT2D eigenvalue weighted by atomic mass is 10.2. The molecule has 26 heavy (non-hydrogen) atoms. The van der Waals surface area contributed by atoms with Crippen molar-refractivity contribution in [2.45, 2.75) is 15.0 Å². The minimum absolute atomic E-state index is 0.169. The van der Waals surface area contributed by atoms with Crippen LogP contribution in [0.15, 0.2) is 76.5 Å². The van der Waals surface area contributed by atoms with Crippen LogP contribution in [0.4, 0.5) is 5.13 Å². The fraction of sp³-hybridized carbons (Fsp3) is 0.105. The lowest BCUT2D eigenvalue weighted by molar-refractivity contribution is 0.102. The van der Waals surface area contributed by atoms with Gasteiger partial charge in [0.1, 0.15) is 0 Å². The number of nitrogens with one attached hydrogen (secondary N) is 1. The zero-order chi connectivity index (χ0) is 18.2. The fourth-order valence-corrected chi connectivity index (χ4v) is 4.64. The smallest absolute Gasteiger partial charge is 0.258 e. The van der Waals surface area contributed by atoms with Crippen molar-refractivity contribution in [3.05, 3.63) is 78.4 Å². The summed E-state index contributed by atoms with van der Waals surface area (Å²) in [6.45, 7) is 3.68. The third-order valence-corrected chi connectivity index (χ3v) is 6.43. The highest BCUT2D eigenvalue weighted by Gasteiger charge is 2.14. The molecule has 0 radical (unpaired) electrons. The minimum atomic E-state index is -0.169. The Morgan fingerprint density at radius 3 is 2.65 bits per heavy atom. The molecule has 0 spiro atoms. The van der Waals surface area contributed by atoms with Crippen LogP contribution in [-0.4, -0.2) is 21.9 Å². The molecule has 0 atom stereocenters. The second-order valence-corrected chi connectivity index (χ2v) is 8.46. The summed E-state index contributed by atoms with van der Waals surface area (Å²) in [5.41, 5.74) is 1.87. The van der Waals surface area contributed by atoms with Gasteiger partial charge in [0.2, 0.25) is 5.13 Å². The van der Waals surface area contributed by atoms with Crippen molar-refractivity contribution in [2.24, 2.45) is 0 Å². The molecule has 2 aromatic carbocycles. The maximum Gasteiger partial charge on any atom is 0.258 e. The van der Waals surface area contributed by atoms with Gasteiger partial charge in [-0.2, -0.15) is 0 Å². The minimum Gasteiger partial charge on any atom is -0.296 e. The van der Waals surface area contributed by atoms with Crippen molar-refractivity contribution in [3.63, 3.8) is 0 Å². The summed E-state index contributed by atoms with van der Waals surface area (Å²) in [6.07, 6.45) is 1.81. The first-order chi connectivity index (χ1) is 12.8. The number of thioether (sulfide) groups is 2. The van der Waals surface area contributed by atoms with E-state index in [0.717, 1.165) is 20.7 Å². The molecule has 0 fully saturated rings. The van der Waals surface area contributed by atoms with Crippen LogP contribution in [0.2, 0.25) is 0 Å². The van der Waals surface area contributed by atoms with E-state index in [4.69, 9.17) is 0 Å². The Kier molecular flexibility index (Phi) is 6.88. The lowest BCUT2D eigenvalue weighted by Crippen LogP contribution is -2.12. The van der Waals surface area contributed by atoms with E-state index in [2.05, 4.69) is 34.2 Å². The quantitative estimate of drug-likeness (QED) is 0.314. The topological polar surface area (TPSA) is 54.9 Å². The van der Waals surface area contributed by atoms with E-state index >= 15 is 0 Å². The number of benzene rings is 2. The van der Waals surface area contributed by atoms with E-state index in [1.54, 1.807) is 23.5 Å². The van der Waals surface area contributed by atoms with Crippen LogP contribution < -0.4 is 5.32 Å². The average Bonchev–Trinajstić information content (AvgIpc) is 3.13. The van der Waals surface area contributed by atoms with Crippen LogP contribution >= 0.6 is 34.9 Å². The normalized spacial score (nSPS) is 10.5. The Morgan fingerprint density at radius 1 is 1.08 bits per heavy atom. The van der Waals surface area contributed by atoms with Gasteiger partial charge in [-0.3, -0.25) is 10.1 Å².